The second kappa shape index (κ2) is 7.96. The third-order valence-electron chi connectivity index (χ3n) is 5.43. The first kappa shape index (κ1) is 21.1. The van der Waals surface area contributed by atoms with Gasteiger partial charge in [0.1, 0.15) is 35.2 Å². The zero-order valence-corrected chi connectivity index (χ0v) is 18.2. The lowest BCUT2D eigenvalue weighted by Crippen LogP contribution is -2.44. The third kappa shape index (κ3) is 3.62. The highest BCUT2D eigenvalue weighted by Gasteiger charge is 2.26. The second-order valence-corrected chi connectivity index (χ2v) is 8.55. The number of thiophene rings is 1. The van der Waals surface area contributed by atoms with Crippen molar-refractivity contribution in [3.05, 3.63) is 85.9 Å². The number of halogens is 2. The molecule has 0 fully saturated rings. The molecule has 0 N–H and O–H groups in total. The summed E-state index contributed by atoms with van der Waals surface area (Å²) in [5.41, 5.74) is 0.0195. The molecule has 0 bridgehead atoms. The smallest absolute Gasteiger partial charge is 0.336 e. The molecule has 7 nitrogen and oxygen atoms in total. The van der Waals surface area contributed by atoms with Gasteiger partial charge < -0.3 is 9.64 Å². The number of aryl methyl sites for hydroxylation is 1. The highest BCUT2D eigenvalue weighted by Crippen LogP contribution is 2.32. The quantitative estimate of drug-likeness (QED) is 0.462. The summed E-state index contributed by atoms with van der Waals surface area (Å²) < 4.78 is 35.3. The Kier molecular flexibility index (Phi) is 5.09. The SMILES string of the molecule is Cc1ccc2c(c1)N(C(=O)Cn1c(=O)n(-c3cc(F)cc(F)c3)c(=O)c3sccc31)CCO2. The minimum absolute atomic E-state index is 0.199. The molecule has 168 valence electrons. The van der Waals surface area contributed by atoms with Gasteiger partial charge in [0, 0.05) is 6.07 Å². The summed E-state index contributed by atoms with van der Waals surface area (Å²) in [6.45, 7) is 2.13. The standard InChI is InChI=1S/C23H17F2N3O4S/c1-13-2-3-19-18(8-13)26(5-6-32-19)20(29)12-27-17-4-7-33-21(17)22(30)28(23(27)31)16-10-14(24)9-15(25)11-16/h2-4,7-11H,5-6,12H2,1H3. The molecule has 33 heavy (non-hydrogen) atoms. The second-order valence-electron chi connectivity index (χ2n) is 7.64. The maximum atomic E-state index is 13.8. The molecule has 2 aromatic carbocycles. The summed E-state index contributed by atoms with van der Waals surface area (Å²) in [5, 5.41) is 1.62. The van der Waals surface area contributed by atoms with Crippen LogP contribution in [0.15, 0.2) is 57.4 Å². The summed E-state index contributed by atoms with van der Waals surface area (Å²) in [5.74, 6) is -1.67. The lowest BCUT2D eigenvalue weighted by molar-refractivity contribution is -0.119. The molecule has 3 heterocycles. The lowest BCUT2D eigenvalue weighted by atomic mass is 10.1. The number of amides is 1. The van der Waals surface area contributed by atoms with E-state index in [4.69, 9.17) is 4.74 Å². The van der Waals surface area contributed by atoms with E-state index in [1.165, 1.54) is 4.90 Å². The van der Waals surface area contributed by atoms with E-state index < -0.39 is 22.9 Å². The topological polar surface area (TPSA) is 73.5 Å². The van der Waals surface area contributed by atoms with Gasteiger partial charge in [0.25, 0.3) is 5.56 Å². The Morgan fingerprint density at radius 2 is 1.85 bits per heavy atom. The zero-order chi connectivity index (χ0) is 23.3. The Labute approximate surface area is 189 Å². The van der Waals surface area contributed by atoms with Crippen LogP contribution in [0, 0.1) is 18.6 Å². The van der Waals surface area contributed by atoms with E-state index in [2.05, 4.69) is 0 Å². The van der Waals surface area contributed by atoms with Crippen LogP contribution in [0.1, 0.15) is 5.56 Å². The number of hydrogen-bond acceptors (Lipinski definition) is 5. The molecule has 4 aromatic rings. The van der Waals surface area contributed by atoms with Gasteiger partial charge in [-0.2, -0.15) is 0 Å². The van der Waals surface area contributed by atoms with E-state index in [1.807, 2.05) is 19.1 Å². The van der Waals surface area contributed by atoms with Gasteiger partial charge >= 0.3 is 5.69 Å². The first-order chi connectivity index (χ1) is 15.8. The van der Waals surface area contributed by atoms with Crippen molar-refractivity contribution in [1.82, 2.24) is 9.13 Å². The van der Waals surface area contributed by atoms with Gasteiger partial charge in [-0.05, 0) is 48.2 Å². The van der Waals surface area contributed by atoms with Crippen molar-refractivity contribution in [3.8, 4) is 11.4 Å². The van der Waals surface area contributed by atoms with Crippen LogP contribution in [0.25, 0.3) is 15.9 Å². The number of fused-ring (bicyclic) bond motifs is 2. The Balaban J connectivity index is 1.64. The molecule has 0 unspecified atom stereocenters. The fourth-order valence-electron chi connectivity index (χ4n) is 3.94. The predicted octanol–water partition coefficient (Wildman–Crippen LogP) is 3.23. The molecule has 0 saturated carbocycles. The van der Waals surface area contributed by atoms with Crippen LogP contribution in [-0.4, -0.2) is 28.2 Å². The average molecular weight is 469 g/mol. The van der Waals surface area contributed by atoms with Gasteiger partial charge in [-0.15, -0.1) is 11.3 Å². The van der Waals surface area contributed by atoms with Crippen LogP contribution >= 0.6 is 11.3 Å². The van der Waals surface area contributed by atoms with E-state index in [9.17, 15) is 23.2 Å². The van der Waals surface area contributed by atoms with Crippen molar-refractivity contribution >= 4 is 33.1 Å². The Bertz CT molecular complexity index is 1520. The number of nitrogens with zero attached hydrogens (tertiary/aromatic N) is 3. The van der Waals surface area contributed by atoms with Gasteiger partial charge in [0.2, 0.25) is 5.91 Å². The van der Waals surface area contributed by atoms with E-state index in [-0.39, 0.29) is 28.4 Å². The van der Waals surface area contributed by atoms with Crippen molar-refractivity contribution in [3.63, 3.8) is 0 Å². The molecular formula is C23H17F2N3O4S. The minimum atomic E-state index is -0.925. The summed E-state index contributed by atoms with van der Waals surface area (Å²) in [6, 6.07) is 9.51. The molecule has 0 spiro atoms. The van der Waals surface area contributed by atoms with Gasteiger partial charge in [-0.3, -0.25) is 14.2 Å². The van der Waals surface area contributed by atoms with Crippen LogP contribution in [0.2, 0.25) is 0 Å². The van der Waals surface area contributed by atoms with Crippen molar-refractivity contribution in [2.24, 2.45) is 0 Å². The van der Waals surface area contributed by atoms with E-state index in [1.54, 1.807) is 17.5 Å². The van der Waals surface area contributed by atoms with Crippen LogP contribution in [0.5, 0.6) is 5.75 Å². The molecule has 5 rings (SSSR count). The van der Waals surface area contributed by atoms with Crippen molar-refractivity contribution in [2.45, 2.75) is 13.5 Å². The summed E-state index contributed by atoms with van der Waals surface area (Å²) >= 11 is 1.08. The van der Waals surface area contributed by atoms with Crippen molar-refractivity contribution < 1.29 is 18.3 Å². The molecule has 1 aliphatic rings. The van der Waals surface area contributed by atoms with Gasteiger partial charge in [0.15, 0.2) is 0 Å². The monoisotopic (exact) mass is 469 g/mol. The molecular weight excluding hydrogens is 452 g/mol. The van der Waals surface area contributed by atoms with Gasteiger partial charge in [0.05, 0.1) is 23.4 Å². The van der Waals surface area contributed by atoms with Crippen molar-refractivity contribution in [1.29, 1.82) is 0 Å². The minimum Gasteiger partial charge on any atom is -0.490 e. The molecule has 1 amide bonds. The molecule has 1 aliphatic heterocycles. The van der Waals surface area contributed by atoms with Gasteiger partial charge in [-0.25, -0.2) is 18.1 Å². The molecule has 0 aliphatic carbocycles. The number of rotatable bonds is 3. The van der Waals surface area contributed by atoms with E-state index >= 15 is 0 Å². The normalized spacial score (nSPS) is 13.1. The van der Waals surface area contributed by atoms with Crippen LogP contribution in [0.4, 0.5) is 14.5 Å². The fraction of sp³-hybridized carbons (Fsp3) is 0.174. The lowest BCUT2D eigenvalue weighted by Gasteiger charge is -2.30. The highest BCUT2D eigenvalue weighted by molar-refractivity contribution is 7.17. The zero-order valence-electron chi connectivity index (χ0n) is 17.4. The number of benzene rings is 2. The number of carbonyl (C=O) groups excluding carboxylic acids is 1. The Morgan fingerprint density at radius 1 is 1.09 bits per heavy atom. The van der Waals surface area contributed by atoms with Crippen molar-refractivity contribution in [2.75, 3.05) is 18.1 Å². The number of aromatic nitrogens is 2. The number of hydrogen-bond donors (Lipinski definition) is 0. The van der Waals surface area contributed by atoms with Crippen LogP contribution < -0.4 is 20.9 Å². The largest absolute Gasteiger partial charge is 0.490 e. The molecule has 0 atom stereocenters. The fourth-order valence-corrected chi connectivity index (χ4v) is 4.77. The first-order valence-corrected chi connectivity index (χ1v) is 10.9. The highest BCUT2D eigenvalue weighted by atomic mass is 32.1. The Morgan fingerprint density at radius 3 is 2.61 bits per heavy atom. The molecule has 0 radical (unpaired) electrons. The number of ether oxygens (including phenoxy) is 1. The number of carbonyl (C=O) groups is 1. The maximum Gasteiger partial charge on any atom is 0.336 e. The van der Waals surface area contributed by atoms with Gasteiger partial charge in [-0.1, -0.05) is 6.07 Å². The van der Waals surface area contributed by atoms with E-state index in [0.717, 1.165) is 33.6 Å². The molecule has 10 heteroatoms. The predicted molar refractivity (Wildman–Crippen MR) is 121 cm³/mol. The summed E-state index contributed by atoms with van der Waals surface area (Å²) in [6.07, 6.45) is 0. The molecule has 0 saturated heterocycles. The average Bonchev–Trinajstić information content (AvgIpc) is 3.26. The summed E-state index contributed by atoms with van der Waals surface area (Å²) in [4.78, 5) is 41.2. The number of anilines is 1. The van der Waals surface area contributed by atoms with Crippen LogP contribution in [-0.2, 0) is 11.3 Å². The molecule has 2 aromatic heterocycles. The maximum absolute atomic E-state index is 13.8. The van der Waals surface area contributed by atoms with E-state index in [0.29, 0.717) is 35.2 Å². The Hall–Kier alpha value is -3.79. The van der Waals surface area contributed by atoms with Crippen LogP contribution in [0.3, 0.4) is 0 Å². The third-order valence-corrected chi connectivity index (χ3v) is 6.32. The summed E-state index contributed by atoms with van der Waals surface area (Å²) in [7, 11) is 0. The first-order valence-electron chi connectivity index (χ1n) is 10.1.